The maximum atomic E-state index is 10.9. The predicted molar refractivity (Wildman–Crippen MR) is 46.6 cm³/mol. The summed E-state index contributed by atoms with van der Waals surface area (Å²) >= 11 is 11.4. The van der Waals surface area contributed by atoms with Gasteiger partial charge in [-0.25, -0.2) is 4.98 Å². The van der Waals surface area contributed by atoms with Crippen molar-refractivity contribution in [3.63, 3.8) is 0 Å². The molecule has 1 N–H and O–H groups in total. The van der Waals surface area contributed by atoms with Crippen LogP contribution in [0.3, 0.4) is 0 Å². The standard InChI is InChI=1S/C7H4Cl2N2O/c8-4-1-3-2-5(12)11-6(3)7(9)10-4/h1H,2H2,(H,11,12). The topological polar surface area (TPSA) is 42.0 Å². The molecule has 0 saturated carbocycles. The van der Waals surface area contributed by atoms with Crippen molar-refractivity contribution >= 4 is 34.8 Å². The van der Waals surface area contributed by atoms with E-state index in [9.17, 15) is 4.79 Å². The SMILES string of the molecule is O=C1Cc2cc(Cl)nc(Cl)c2N1. The molecule has 1 aromatic heterocycles. The molecule has 5 heteroatoms. The lowest BCUT2D eigenvalue weighted by atomic mass is 10.2. The van der Waals surface area contributed by atoms with Crippen LogP contribution in [-0.2, 0) is 11.2 Å². The summed E-state index contributed by atoms with van der Waals surface area (Å²) in [7, 11) is 0. The smallest absolute Gasteiger partial charge is 0.228 e. The maximum Gasteiger partial charge on any atom is 0.228 e. The molecule has 2 heterocycles. The molecule has 0 bridgehead atoms. The number of hydrogen-bond donors (Lipinski definition) is 1. The molecule has 0 aliphatic carbocycles. The van der Waals surface area contributed by atoms with Gasteiger partial charge in [0.25, 0.3) is 0 Å². The Morgan fingerprint density at radius 3 is 3.00 bits per heavy atom. The van der Waals surface area contributed by atoms with Crippen molar-refractivity contribution in [2.45, 2.75) is 6.42 Å². The molecule has 0 unspecified atom stereocenters. The van der Waals surface area contributed by atoms with E-state index in [-0.39, 0.29) is 11.1 Å². The highest BCUT2D eigenvalue weighted by Gasteiger charge is 2.21. The summed E-state index contributed by atoms with van der Waals surface area (Å²) in [4.78, 5) is 14.7. The van der Waals surface area contributed by atoms with Gasteiger partial charge in [0.15, 0.2) is 5.15 Å². The fraction of sp³-hybridized carbons (Fsp3) is 0.143. The van der Waals surface area contributed by atoms with Crippen LogP contribution in [-0.4, -0.2) is 10.9 Å². The van der Waals surface area contributed by atoms with E-state index < -0.39 is 0 Å². The Bertz CT molecular complexity index is 365. The van der Waals surface area contributed by atoms with Gasteiger partial charge in [0.1, 0.15) is 5.15 Å². The molecule has 0 radical (unpaired) electrons. The molecule has 1 aromatic rings. The number of halogens is 2. The second kappa shape index (κ2) is 2.61. The van der Waals surface area contributed by atoms with E-state index >= 15 is 0 Å². The van der Waals surface area contributed by atoms with Gasteiger partial charge in [0, 0.05) is 0 Å². The molecule has 0 aromatic carbocycles. The Morgan fingerprint density at radius 2 is 2.25 bits per heavy atom. The fourth-order valence-electron chi connectivity index (χ4n) is 1.16. The summed E-state index contributed by atoms with van der Waals surface area (Å²) in [6, 6.07) is 1.64. The van der Waals surface area contributed by atoms with Gasteiger partial charge in [-0.2, -0.15) is 0 Å². The Kier molecular flexibility index (Phi) is 1.70. The number of amides is 1. The lowest BCUT2D eigenvalue weighted by molar-refractivity contribution is -0.115. The van der Waals surface area contributed by atoms with Crippen LogP contribution >= 0.6 is 23.2 Å². The van der Waals surface area contributed by atoms with Crippen LogP contribution in [0.25, 0.3) is 0 Å². The van der Waals surface area contributed by atoms with Gasteiger partial charge < -0.3 is 5.32 Å². The number of hydrogen-bond acceptors (Lipinski definition) is 2. The Hall–Kier alpha value is -0.800. The van der Waals surface area contributed by atoms with E-state index in [1.807, 2.05) is 0 Å². The largest absolute Gasteiger partial charge is 0.323 e. The van der Waals surface area contributed by atoms with Gasteiger partial charge in [-0.1, -0.05) is 23.2 Å². The van der Waals surface area contributed by atoms with Gasteiger partial charge in [0.2, 0.25) is 5.91 Å². The van der Waals surface area contributed by atoms with Gasteiger partial charge in [-0.05, 0) is 11.6 Å². The summed E-state index contributed by atoms with van der Waals surface area (Å²) in [5.74, 6) is -0.0732. The van der Waals surface area contributed by atoms with E-state index in [1.165, 1.54) is 0 Å². The van der Waals surface area contributed by atoms with Crippen LogP contribution < -0.4 is 5.32 Å². The van der Waals surface area contributed by atoms with Crippen LogP contribution in [0.15, 0.2) is 6.07 Å². The minimum atomic E-state index is -0.0732. The number of pyridine rings is 1. The summed E-state index contributed by atoms with van der Waals surface area (Å²) in [6.07, 6.45) is 0.331. The van der Waals surface area contributed by atoms with Crippen molar-refractivity contribution in [3.8, 4) is 0 Å². The first-order valence-electron chi connectivity index (χ1n) is 3.31. The Labute approximate surface area is 78.7 Å². The zero-order valence-corrected chi connectivity index (χ0v) is 7.41. The predicted octanol–water partition coefficient (Wildman–Crippen LogP) is 1.88. The molecule has 0 fully saturated rings. The first-order valence-corrected chi connectivity index (χ1v) is 4.07. The first-order chi connectivity index (χ1) is 5.66. The fourth-order valence-corrected chi connectivity index (χ4v) is 1.68. The normalized spacial score (nSPS) is 14.3. The van der Waals surface area contributed by atoms with Crippen molar-refractivity contribution in [2.75, 3.05) is 5.32 Å². The average molecular weight is 203 g/mol. The number of aromatic nitrogens is 1. The highest BCUT2D eigenvalue weighted by molar-refractivity contribution is 6.35. The van der Waals surface area contributed by atoms with Crippen LogP contribution in [0.2, 0.25) is 10.3 Å². The molecule has 1 amide bonds. The van der Waals surface area contributed by atoms with Crippen LogP contribution in [0.5, 0.6) is 0 Å². The van der Waals surface area contributed by atoms with Gasteiger partial charge in [-0.15, -0.1) is 0 Å². The molecule has 1 aliphatic rings. The Balaban J connectivity index is 2.59. The molecule has 3 nitrogen and oxygen atoms in total. The van der Waals surface area contributed by atoms with Crippen molar-refractivity contribution in [2.24, 2.45) is 0 Å². The van der Waals surface area contributed by atoms with Crippen LogP contribution in [0, 0.1) is 0 Å². The molecule has 62 valence electrons. The number of carbonyl (C=O) groups is 1. The zero-order chi connectivity index (χ0) is 8.72. The van der Waals surface area contributed by atoms with Gasteiger partial charge in [-0.3, -0.25) is 4.79 Å². The summed E-state index contributed by atoms with van der Waals surface area (Å²) in [5.41, 5.74) is 1.40. The molecule has 1 aliphatic heterocycles. The second-order valence-corrected chi connectivity index (χ2v) is 3.24. The number of anilines is 1. The van der Waals surface area contributed by atoms with Crippen molar-refractivity contribution in [1.29, 1.82) is 0 Å². The monoisotopic (exact) mass is 202 g/mol. The molecule has 12 heavy (non-hydrogen) atoms. The van der Waals surface area contributed by atoms with Crippen LogP contribution in [0.4, 0.5) is 5.69 Å². The summed E-state index contributed by atoms with van der Waals surface area (Å²) in [6.45, 7) is 0. The van der Waals surface area contributed by atoms with Crippen molar-refractivity contribution in [3.05, 3.63) is 21.9 Å². The molecular weight excluding hydrogens is 199 g/mol. The third-order valence-electron chi connectivity index (χ3n) is 1.64. The number of nitrogens with one attached hydrogen (secondary N) is 1. The third kappa shape index (κ3) is 1.15. The minimum absolute atomic E-state index is 0.0732. The summed E-state index contributed by atoms with van der Waals surface area (Å²) in [5, 5.41) is 3.17. The van der Waals surface area contributed by atoms with E-state index in [1.54, 1.807) is 6.07 Å². The molecule has 0 spiro atoms. The van der Waals surface area contributed by atoms with Gasteiger partial charge in [0.05, 0.1) is 12.1 Å². The van der Waals surface area contributed by atoms with E-state index in [0.717, 1.165) is 5.56 Å². The first kappa shape index (κ1) is 7.83. The number of rotatable bonds is 0. The van der Waals surface area contributed by atoms with E-state index in [0.29, 0.717) is 17.3 Å². The quantitative estimate of drug-likeness (QED) is 0.654. The number of nitrogens with zero attached hydrogens (tertiary/aromatic N) is 1. The average Bonchev–Trinajstić information content (AvgIpc) is 2.29. The molecule has 0 saturated heterocycles. The lowest BCUT2D eigenvalue weighted by Crippen LogP contribution is -2.03. The Morgan fingerprint density at radius 1 is 1.50 bits per heavy atom. The van der Waals surface area contributed by atoms with Crippen LogP contribution in [0.1, 0.15) is 5.56 Å². The molecule has 0 atom stereocenters. The van der Waals surface area contributed by atoms with E-state index in [2.05, 4.69) is 10.3 Å². The third-order valence-corrected chi connectivity index (χ3v) is 2.11. The lowest BCUT2D eigenvalue weighted by Gasteiger charge is -1.99. The highest BCUT2D eigenvalue weighted by atomic mass is 35.5. The molecule has 2 rings (SSSR count). The minimum Gasteiger partial charge on any atom is -0.323 e. The summed E-state index contributed by atoms with van der Waals surface area (Å²) < 4.78 is 0. The number of carbonyl (C=O) groups excluding carboxylic acids is 1. The highest BCUT2D eigenvalue weighted by Crippen LogP contribution is 2.31. The van der Waals surface area contributed by atoms with Gasteiger partial charge >= 0.3 is 0 Å². The number of fused-ring (bicyclic) bond motifs is 1. The zero-order valence-electron chi connectivity index (χ0n) is 5.90. The molecular formula is C7H4Cl2N2O. The van der Waals surface area contributed by atoms with Crippen molar-refractivity contribution < 1.29 is 4.79 Å². The van der Waals surface area contributed by atoms with Crippen molar-refractivity contribution in [1.82, 2.24) is 4.98 Å². The van der Waals surface area contributed by atoms with E-state index in [4.69, 9.17) is 23.2 Å². The maximum absolute atomic E-state index is 10.9. The second-order valence-electron chi connectivity index (χ2n) is 2.49.